The van der Waals surface area contributed by atoms with Gasteiger partial charge >= 0.3 is 12.1 Å². The van der Waals surface area contributed by atoms with Crippen molar-refractivity contribution in [3.63, 3.8) is 0 Å². The third-order valence-electron chi connectivity index (χ3n) is 3.34. The van der Waals surface area contributed by atoms with Crippen LogP contribution in [0.4, 0.5) is 4.79 Å². The number of cyclic esters (lactones) is 1. The molecule has 0 radical (unpaired) electrons. The molecule has 128 valence electrons. The van der Waals surface area contributed by atoms with Gasteiger partial charge < -0.3 is 20.5 Å². The van der Waals surface area contributed by atoms with E-state index in [1.165, 1.54) is 7.05 Å². The lowest BCUT2D eigenvalue weighted by atomic mass is 9.97. The predicted molar refractivity (Wildman–Crippen MR) is 88.4 cm³/mol. The Hall–Kier alpha value is -2.08. The molecule has 1 aliphatic rings. The van der Waals surface area contributed by atoms with Gasteiger partial charge in [-0.2, -0.15) is 0 Å². The predicted octanol–water partition coefficient (Wildman–Crippen LogP) is 2.31. The van der Waals surface area contributed by atoms with E-state index in [-0.39, 0.29) is 5.97 Å². The number of benzene rings is 1. The second-order valence-electron chi connectivity index (χ2n) is 6.13. The van der Waals surface area contributed by atoms with Crippen LogP contribution in [-0.4, -0.2) is 31.3 Å². The molecule has 0 spiro atoms. The molecule has 1 heterocycles. The van der Waals surface area contributed by atoms with Crippen LogP contribution < -0.4 is 11.1 Å². The third kappa shape index (κ3) is 5.25. The quantitative estimate of drug-likeness (QED) is 0.833. The van der Waals surface area contributed by atoms with E-state index in [1.807, 2.05) is 33.8 Å². The summed E-state index contributed by atoms with van der Waals surface area (Å²) >= 11 is 0. The number of nitrogens with one attached hydrogen (secondary N) is 1. The Morgan fingerprint density at radius 2 is 2.00 bits per heavy atom. The van der Waals surface area contributed by atoms with Crippen LogP contribution in [-0.2, 0) is 22.5 Å². The third-order valence-corrected chi connectivity index (χ3v) is 3.34. The number of alkyl carbamates (subject to hydrolysis) is 1. The smallest absolute Gasteiger partial charge is 0.407 e. The van der Waals surface area contributed by atoms with Gasteiger partial charge in [-0.25, -0.2) is 9.59 Å². The number of esters is 1. The number of nitrogens with two attached hydrogens (primary N) is 1. The molecule has 6 nitrogen and oxygen atoms in total. The van der Waals surface area contributed by atoms with Crippen LogP contribution in [0.25, 0.3) is 0 Å². The number of rotatable bonds is 3. The molecule has 0 unspecified atom stereocenters. The van der Waals surface area contributed by atoms with Gasteiger partial charge in [-0.15, -0.1) is 0 Å². The summed E-state index contributed by atoms with van der Waals surface area (Å²) in [5, 5.41) is 2.73. The van der Waals surface area contributed by atoms with Gasteiger partial charge in [-0.1, -0.05) is 6.07 Å². The van der Waals surface area contributed by atoms with Gasteiger partial charge in [0, 0.05) is 12.1 Å². The number of fused-ring (bicyclic) bond motifs is 1. The molecule has 0 saturated carbocycles. The number of hydrogen-bond donors (Lipinski definition) is 2. The maximum atomic E-state index is 11.6. The summed E-state index contributed by atoms with van der Waals surface area (Å²) in [7, 11) is 1.50. The lowest BCUT2D eigenvalue weighted by Crippen LogP contribution is -2.33. The van der Waals surface area contributed by atoms with Crippen molar-refractivity contribution in [1.82, 2.24) is 5.32 Å². The lowest BCUT2D eigenvalue weighted by Gasteiger charge is -2.19. The molecule has 1 aliphatic heterocycles. The molecule has 0 aromatic heterocycles. The van der Waals surface area contributed by atoms with Crippen LogP contribution in [0.5, 0.6) is 0 Å². The van der Waals surface area contributed by atoms with Gasteiger partial charge in [-0.3, -0.25) is 0 Å². The molecule has 0 aliphatic carbocycles. The van der Waals surface area contributed by atoms with Gasteiger partial charge in [-0.05, 0) is 58.4 Å². The van der Waals surface area contributed by atoms with E-state index >= 15 is 0 Å². The lowest BCUT2D eigenvalue weighted by molar-refractivity contribution is 0.0520. The molecule has 0 saturated heterocycles. The zero-order chi connectivity index (χ0) is 17.6. The van der Waals surface area contributed by atoms with E-state index in [1.54, 1.807) is 6.07 Å². The Kier molecular flexibility index (Phi) is 6.57. The van der Waals surface area contributed by atoms with Crippen molar-refractivity contribution < 1.29 is 19.1 Å². The molecule has 1 amide bonds. The Labute approximate surface area is 137 Å². The maximum absolute atomic E-state index is 11.6. The highest BCUT2D eigenvalue weighted by molar-refractivity contribution is 5.93. The molecule has 0 fully saturated rings. The minimum Gasteiger partial charge on any atom is -0.457 e. The first-order valence-electron chi connectivity index (χ1n) is 7.61. The van der Waals surface area contributed by atoms with Crippen molar-refractivity contribution in [3.05, 3.63) is 34.4 Å². The molecule has 1 aromatic carbocycles. The number of ether oxygens (including phenoxy) is 2. The summed E-state index contributed by atoms with van der Waals surface area (Å²) < 4.78 is 10.2. The van der Waals surface area contributed by atoms with Crippen LogP contribution in [0.3, 0.4) is 0 Å². The van der Waals surface area contributed by atoms with E-state index in [2.05, 4.69) is 11.1 Å². The van der Waals surface area contributed by atoms with Gasteiger partial charge in [0.1, 0.15) is 12.2 Å². The molecule has 1 aromatic rings. The standard InChI is InChI=1S/C16H21NO4.CH5N/c1-10-11(5-6-12-13(10)9-20-14(12)18)7-8-17-15(19)21-16(2,3)4;1-2/h5-6H,7-9H2,1-4H3,(H,17,19);2H2,1H3. The number of hydrogen-bond acceptors (Lipinski definition) is 5. The van der Waals surface area contributed by atoms with E-state index in [0.29, 0.717) is 25.1 Å². The highest BCUT2D eigenvalue weighted by Gasteiger charge is 2.23. The second-order valence-corrected chi connectivity index (χ2v) is 6.13. The van der Waals surface area contributed by atoms with Crippen molar-refractivity contribution in [2.75, 3.05) is 13.6 Å². The fourth-order valence-electron chi connectivity index (χ4n) is 2.28. The van der Waals surface area contributed by atoms with Crippen molar-refractivity contribution in [1.29, 1.82) is 0 Å². The normalized spacial score (nSPS) is 12.7. The van der Waals surface area contributed by atoms with Crippen LogP contribution in [0.15, 0.2) is 12.1 Å². The molecule has 0 atom stereocenters. The molecule has 3 N–H and O–H groups in total. The summed E-state index contributed by atoms with van der Waals surface area (Å²) in [6.45, 7) is 8.29. The molecular formula is C17H26N2O4. The molecule has 0 bridgehead atoms. The molecule has 23 heavy (non-hydrogen) atoms. The first-order valence-corrected chi connectivity index (χ1v) is 7.61. The Bertz CT molecular complexity index is 577. The fraction of sp³-hybridized carbons (Fsp3) is 0.529. The monoisotopic (exact) mass is 322 g/mol. The van der Waals surface area contributed by atoms with Crippen molar-refractivity contribution in [2.45, 2.75) is 46.3 Å². The van der Waals surface area contributed by atoms with E-state index in [0.717, 1.165) is 16.7 Å². The summed E-state index contributed by atoms with van der Waals surface area (Å²) in [4.78, 5) is 23.0. The molecule has 6 heteroatoms. The maximum Gasteiger partial charge on any atom is 0.407 e. The van der Waals surface area contributed by atoms with Gasteiger partial charge in [0.15, 0.2) is 0 Å². The summed E-state index contributed by atoms with van der Waals surface area (Å²) in [5.74, 6) is -0.258. The van der Waals surface area contributed by atoms with Crippen LogP contribution in [0, 0.1) is 6.92 Å². The Morgan fingerprint density at radius 3 is 2.61 bits per heavy atom. The van der Waals surface area contributed by atoms with Crippen LogP contribution in [0.2, 0.25) is 0 Å². The van der Waals surface area contributed by atoms with Gasteiger partial charge in [0.2, 0.25) is 0 Å². The Balaban J connectivity index is 0.00000127. The van der Waals surface area contributed by atoms with Crippen molar-refractivity contribution in [2.24, 2.45) is 5.73 Å². The number of amides is 1. The molecular weight excluding hydrogens is 296 g/mol. The van der Waals surface area contributed by atoms with Gasteiger partial charge in [0.05, 0.1) is 5.56 Å². The highest BCUT2D eigenvalue weighted by Crippen LogP contribution is 2.25. The average Bonchev–Trinajstić information content (AvgIpc) is 2.84. The van der Waals surface area contributed by atoms with Crippen LogP contribution in [0.1, 0.15) is 47.8 Å². The SMILES string of the molecule is CN.Cc1c(CCNC(=O)OC(C)(C)C)ccc2c1COC2=O. The largest absolute Gasteiger partial charge is 0.457 e. The summed E-state index contributed by atoms with van der Waals surface area (Å²) in [6, 6.07) is 3.71. The van der Waals surface area contributed by atoms with E-state index < -0.39 is 11.7 Å². The first kappa shape index (κ1) is 19.0. The molecule has 2 rings (SSSR count). The number of carbonyl (C=O) groups excluding carboxylic acids is 2. The van der Waals surface area contributed by atoms with Crippen molar-refractivity contribution >= 4 is 12.1 Å². The number of carbonyl (C=O) groups is 2. The summed E-state index contributed by atoms with van der Waals surface area (Å²) in [6.07, 6.45) is 0.270. The highest BCUT2D eigenvalue weighted by atomic mass is 16.6. The minimum absolute atomic E-state index is 0.258. The second kappa shape index (κ2) is 7.97. The fourth-order valence-corrected chi connectivity index (χ4v) is 2.28. The zero-order valence-electron chi connectivity index (χ0n) is 14.5. The van der Waals surface area contributed by atoms with Crippen LogP contribution >= 0.6 is 0 Å². The minimum atomic E-state index is -0.495. The van der Waals surface area contributed by atoms with Gasteiger partial charge in [0.25, 0.3) is 0 Å². The Morgan fingerprint density at radius 1 is 1.35 bits per heavy atom. The summed E-state index contributed by atoms with van der Waals surface area (Å²) in [5.41, 5.74) is 7.77. The zero-order valence-corrected chi connectivity index (χ0v) is 14.5. The van der Waals surface area contributed by atoms with Crippen molar-refractivity contribution in [3.8, 4) is 0 Å². The first-order chi connectivity index (χ1) is 10.8. The average molecular weight is 322 g/mol. The topological polar surface area (TPSA) is 90.7 Å². The van der Waals surface area contributed by atoms with E-state index in [9.17, 15) is 9.59 Å². The van der Waals surface area contributed by atoms with E-state index in [4.69, 9.17) is 9.47 Å².